The van der Waals surface area contributed by atoms with E-state index in [9.17, 15) is 0 Å². The van der Waals surface area contributed by atoms with E-state index in [4.69, 9.17) is 5.11 Å². The van der Waals surface area contributed by atoms with Crippen LogP contribution in [0.25, 0.3) is 0 Å². The molecule has 0 heterocycles. The van der Waals surface area contributed by atoms with Crippen LogP contribution < -0.4 is 34.3 Å². The molecule has 28 valence electrons. The number of aliphatic hydroxyl groups excluding tert-OH is 1. The van der Waals surface area contributed by atoms with Gasteiger partial charge in [-0.3, -0.25) is 0 Å². The van der Waals surface area contributed by atoms with E-state index in [0.717, 1.165) is 0 Å². The number of aliphatic hydroxyl groups is 1. The molecule has 0 saturated heterocycles. The van der Waals surface area contributed by atoms with Crippen LogP contribution in [0.2, 0.25) is 0 Å². The Balaban J connectivity index is -0.0000000200. The molecule has 0 saturated carbocycles. The molecule has 0 rings (SSSR count). The maximum absolute atomic E-state index is 7.57. The van der Waals surface area contributed by atoms with Crippen LogP contribution in [0.3, 0.4) is 0 Å². The summed E-state index contributed by atoms with van der Waals surface area (Å²) in [5.41, 5.74) is 0. The third-order valence-corrected chi connectivity index (χ3v) is 0. The van der Waals surface area contributed by atoms with Gasteiger partial charge < -0.3 is 9.81 Å². The van der Waals surface area contributed by atoms with Gasteiger partial charge >= 0.3 is 29.6 Å². The van der Waals surface area contributed by atoms with Crippen molar-refractivity contribution in [2.75, 3.05) is 6.61 Å². The Morgan fingerprint density at radius 1 is 1.60 bits per heavy atom. The monoisotopic (exact) mass is 88.0 g/mol. The summed E-state index contributed by atoms with van der Waals surface area (Å²) in [5, 5.41) is 7.57. The van der Waals surface area contributed by atoms with Gasteiger partial charge in [0.05, 0.1) is 0 Å². The van der Waals surface area contributed by atoms with Crippen molar-refractivity contribution in [1.29, 1.82) is 0 Å². The maximum atomic E-state index is 7.57. The van der Waals surface area contributed by atoms with Crippen molar-refractivity contribution in [2.45, 2.75) is 6.92 Å². The van der Waals surface area contributed by atoms with E-state index in [1.807, 2.05) is 0 Å². The fraction of sp³-hybridized carbons (Fsp3) is 1.00. The Labute approximate surface area is 53.0 Å². The summed E-state index contributed by atoms with van der Waals surface area (Å²) < 4.78 is 0. The van der Waals surface area contributed by atoms with Gasteiger partial charge in [0, 0.05) is 6.61 Å². The zero-order valence-electron chi connectivity index (χ0n) is 3.53. The number of hydrogen-bond acceptors (Lipinski definition) is 1. The van der Waals surface area contributed by atoms with Gasteiger partial charge in [-0.1, -0.05) is 0 Å². The van der Waals surface area contributed by atoms with E-state index in [0.29, 0.717) is 0 Å². The van der Waals surface area contributed by atoms with Crippen molar-refractivity contribution in [3.63, 3.8) is 0 Å². The van der Waals surface area contributed by atoms with E-state index < -0.39 is 0 Å². The average Bonchev–Trinajstić information content (AvgIpc) is 0.918. The molecule has 0 aliphatic heterocycles. The number of hydrogen-bond donors (Lipinski definition) is 1. The Hall–Kier alpha value is 0.890. The molecule has 3 heteroatoms. The van der Waals surface area contributed by atoms with Crippen LogP contribution in [0.4, 0.5) is 0 Å². The predicted octanol–water partition coefficient (Wildman–Crippen LogP) is -5.99. The van der Waals surface area contributed by atoms with Gasteiger partial charge in [0.1, 0.15) is 0 Å². The summed E-state index contributed by atoms with van der Waals surface area (Å²) in [5.74, 6) is 0. The molecule has 1 nitrogen and oxygen atoms in total. The first-order valence-corrected chi connectivity index (χ1v) is 1.02. The molecule has 0 fully saturated rings. The molecule has 0 unspecified atom stereocenters. The SMILES string of the molecule is CCO.[F-].[Na+]. The third kappa shape index (κ3) is 51.6. The van der Waals surface area contributed by atoms with Crippen molar-refractivity contribution in [2.24, 2.45) is 0 Å². The van der Waals surface area contributed by atoms with Gasteiger partial charge in [-0.25, -0.2) is 0 Å². The Kier molecular flexibility index (Phi) is 69.9. The first-order valence-electron chi connectivity index (χ1n) is 1.02. The number of halogens is 1. The van der Waals surface area contributed by atoms with E-state index in [2.05, 4.69) is 0 Å². The molecule has 0 amide bonds. The predicted molar refractivity (Wildman–Crippen MR) is 12.8 cm³/mol. The summed E-state index contributed by atoms with van der Waals surface area (Å²) >= 11 is 0. The summed E-state index contributed by atoms with van der Waals surface area (Å²) in [6.45, 7) is 1.93. The van der Waals surface area contributed by atoms with Crippen LogP contribution in [0.15, 0.2) is 0 Å². The van der Waals surface area contributed by atoms with Crippen molar-refractivity contribution in [3.05, 3.63) is 0 Å². The van der Waals surface area contributed by atoms with Gasteiger partial charge in [0.25, 0.3) is 0 Å². The molecule has 0 radical (unpaired) electrons. The van der Waals surface area contributed by atoms with Crippen molar-refractivity contribution < 1.29 is 39.4 Å². The quantitative estimate of drug-likeness (QED) is 0.292. The zero-order valence-corrected chi connectivity index (χ0v) is 5.53. The van der Waals surface area contributed by atoms with Gasteiger partial charge in [-0.15, -0.1) is 0 Å². The van der Waals surface area contributed by atoms with Crippen molar-refractivity contribution in [1.82, 2.24) is 0 Å². The Morgan fingerprint density at radius 2 is 1.60 bits per heavy atom. The smallest absolute Gasteiger partial charge is 1.00 e. The van der Waals surface area contributed by atoms with Crippen molar-refractivity contribution >= 4 is 0 Å². The molecule has 0 atom stereocenters. The molecule has 0 aromatic heterocycles. The second-order valence-electron chi connectivity index (χ2n) is 0.316. The second-order valence-corrected chi connectivity index (χ2v) is 0.316. The molecule has 0 aliphatic rings. The van der Waals surface area contributed by atoms with Gasteiger partial charge in [0.2, 0.25) is 0 Å². The summed E-state index contributed by atoms with van der Waals surface area (Å²) in [4.78, 5) is 0. The molecule has 0 bridgehead atoms. The minimum Gasteiger partial charge on any atom is -1.00 e. The molecule has 1 N–H and O–H groups in total. The topological polar surface area (TPSA) is 20.2 Å². The fourth-order valence-electron chi connectivity index (χ4n) is 0. The summed E-state index contributed by atoms with van der Waals surface area (Å²) in [7, 11) is 0. The Morgan fingerprint density at radius 3 is 1.60 bits per heavy atom. The molecular weight excluding hydrogens is 82.0 g/mol. The van der Waals surface area contributed by atoms with Crippen LogP contribution in [-0.2, 0) is 0 Å². The Bertz CT molecular complexity index is 9.61. The largest absolute Gasteiger partial charge is 1.00 e. The van der Waals surface area contributed by atoms with Gasteiger partial charge in [0.15, 0.2) is 0 Å². The molecule has 0 spiro atoms. The molecular formula is C2H6FNaO. The number of rotatable bonds is 0. The first kappa shape index (κ1) is 16.9. The third-order valence-electron chi connectivity index (χ3n) is 0. The van der Waals surface area contributed by atoms with E-state index in [1.54, 1.807) is 6.92 Å². The van der Waals surface area contributed by atoms with Crippen LogP contribution in [-0.4, -0.2) is 11.7 Å². The first-order chi connectivity index (χ1) is 1.41. The summed E-state index contributed by atoms with van der Waals surface area (Å²) in [6, 6.07) is 0. The zero-order chi connectivity index (χ0) is 2.71. The van der Waals surface area contributed by atoms with E-state index >= 15 is 0 Å². The van der Waals surface area contributed by atoms with Crippen molar-refractivity contribution in [3.8, 4) is 0 Å². The minimum absolute atomic E-state index is 0. The van der Waals surface area contributed by atoms with Crippen LogP contribution >= 0.6 is 0 Å². The summed E-state index contributed by atoms with van der Waals surface area (Å²) in [6.07, 6.45) is 0. The second kappa shape index (κ2) is 20.7. The van der Waals surface area contributed by atoms with Crippen LogP contribution in [0, 0.1) is 0 Å². The standard InChI is InChI=1S/C2H6O.FH.Na/c1-2-3;;/h3H,2H2,1H3;1H;/q;;+1/p-1. The van der Waals surface area contributed by atoms with E-state index in [-0.39, 0.29) is 40.9 Å². The molecule has 0 aromatic rings. The van der Waals surface area contributed by atoms with Crippen LogP contribution in [0.5, 0.6) is 0 Å². The van der Waals surface area contributed by atoms with E-state index in [1.165, 1.54) is 0 Å². The average molecular weight is 88.1 g/mol. The van der Waals surface area contributed by atoms with Crippen LogP contribution in [0.1, 0.15) is 6.92 Å². The maximum Gasteiger partial charge on any atom is 1.00 e. The fourth-order valence-corrected chi connectivity index (χ4v) is 0. The van der Waals surface area contributed by atoms with Gasteiger partial charge in [-0.2, -0.15) is 0 Å². The molecule has 5 heavy (non-hydrogen) atoms. The normalized spacial score (nSPS) is 3.60. The minimum atomic E-state index is 0. The molecule has 0 aliphatic carbocycles. The van der Waals surface area contributed by atoms with Gasteiger partial charge in [-0.05, 0) is 6.92 Å². The molecule has 0 aromatic carbocycles.